The van der Waals surface area contributed by atoms with E-state index in [0.29, 0.717) is 16.8 Å². The van der Waals surface area contributed by atoms with E-state index in [1.165, 1.54) is 0 Å². The molecular weight excluding hydrogens is 290 g/mol. The van der Waals surface area contributed by atoms with E-state index >= 15 is 0 Å². The molecule has 0 fully saturated rings. The molecule has 0 unspecified atom stereocenters. The average Bonchev–Trinajstić information content (AvgIpc) is 2.87. The fraction of sp³-hybridized carbons (Fsp3) is 0.0667. The number of imidazole rings is 1. The lowest BCUT2D eigenvalue weighted by atomic mass is 10.3. The van der Waals surface area contributed by atoms with Crippen molar-refractivity contribution in [2.75, 3.05) is 0 Å². The molecule has 1 heterocycles. The first-order chi connectivity index (χ1) is 10.6. The number of fused-ring (bicyclic) bond motifs is 1. The summed E-state index contributed by atoms with van der Waals surface area (Å²) in [4.78, 5) is 3.87. The standard InChI is InChI=1S/C15H12F2N4O/c16-13(17)14-19-11-8-4-5-9-12(11)21(14)20-15(18)22-10-6-2-1-3-7-10/h1-9,13H,(H2,18,20). The second-order valence-electron chi connectivity index (χ2n) is 4.42. The molecule has 0 saturated carbocycles. The van der Waals surface area contributed by atoms with Gasteiger partial charge in [-0.2, -0.15) is 0 Å². The third kappa shape index (κ3) is 2.73. The van der Waals surface area contributed by atoms with E-state index in [9.17, 15) is 8.78 Å². The number of hydrogen-bond acceptors (Lipinski definition) is 3. The third-order valence-corrected chi connectivity index (χ3v) is 2.92. The zero-order valence-corrected chi connectivity index (χ0v) is 11.4. The van der Waals surface area contributed by atoms with Crippen LogP contribution in [0.25, 0.3) is 11.0 Å². The van der Waals surface area contributed by atoms with Gasteiger partial charge in [-0.15, -0.1) is 5.10 Å². The number of amidine groups is 1. The van der Waals surface area contributed by atoms with E-state index < -0.39 is 12.2 Å². The Morgan fingerprint density at radius 1 is 1.09 bits per heavy atom. The maximum Gasteiger partial charge on any atom is 0.310 e. The Kier molecular flexibility index (Phi) is 3.69. The third-order valence-electron chi connectivity index (χ3n) is 2.92. The van der Waals surface area contributed by atoms with Crippen LogP contribution in [0.2, 0.25) is 0 Å². The van der Waals surface area contributed by atoms with Crippen molar-refractivity contribution >= 4 is 17.1 Å². The molecule has 0 aliphatic heterocycles. The van der Waals surface area contributed by atoms with Crippen LogP contribution < -0.4 is 10.5 Å². The normalized spacial score (nSPS) is 12.0. The minimum absolute atomic E-state index is 0.253. The van der Waals surface area contributed by atoms with Gasteiger partial charge in [0.2, 0.25) is 0 Å². The quantitative estimate of drug-likeness (QED) is 0.597. The van der Waals surface area contributed by atoms with Crippen molar-refractivity contribution < 1.29 is 13.5 Å². The van der Waals surface area contributed by atoms with Crippen LogP contribution in [0.3, 0.4) is 0 Å². The summed E-state index contributed by atoms with van der Waals surface area (Å²) in [5, 5.41) is 3.91. The fourth-order valence-corrected chi connectivity index (χ4v) is 2.01. The second-order valence-corrected chi connectivity index (χ2v) is 4.42. The Morgan fingerprint density at radius 2 is 1.77 bits per heavy atom. The van der Waals surface area contributed by atoms with Gasteiger partial charge in [-0.05, 0) is 24.3 Å². The predicted octanol–water partition coefficient (Wildman–Crippen LogP) is 3.13. The molecule has 0 saturated heterocycles. The van der Waals surface area contributed by atoms with E-state index in [1.54, 1.807) is 48.5 Å². The number of aromatic nitrogens is 2. The van der Waals surface area contributed by atoms with Crippen LogP contribution in [-0.2, 0) is 0 Å². The molecule has 3 aromatic rings. The largest absolute Gasteiger partial charge is 0.425 e. The van der Waals surface area contributed by atoms with Crippen LogP contribution in [0.15, 0.2) is 59.7 Å². The van der Waals surface area contributed by atoms with E-state index in [4.69, 9.17) is 10.5 Å². The number of para-hydroxylation sites is 3. The van der Waals surface area contributed by atoms with Gasteiger partial charge in [0.15, 0.2) is 5.82 Å². The number of alkyl halides is 2. The Balaban J connectivity index is 2.01. The van der Waals surface area contributed by atoms with Crippen molar-refractivity contribution in [1.82, 2.24) is 9.66 Å². The van der Waals surface area contributed by atoms with E-state index in [0.717, 1.165) is 4.68 Å². The van der Waals surface area contributed by atoms with Crippen molar-refractivity contribution in [2.45, 2.75) is 6.43 Å². The highest BCUT2D eigenvalue weighted by Gasteiger charge is 2.19. The first kappa shape index (κ1) is 14.0. The molecule has 0 atom stereocenters. The Hall–Kier alpha value is -2.96. The summed E-state index contributed by atoms with van der Waals surface area (Å²) in [6.07, 6.45) is -2.78. The summed E-state index contributed by atoms with van der Waals surface area (Å²) in [5.41, 5.74) is 6.53. The molecule has 0 aliphatic rings. The summed E-state index contributed by atoms with van der Waals surface area (Å²) in [7, 11) is 0. The molecule has 5 nitrogen and oxygen atoms in total. The number of benzene rings is 2. The number of nitrogens with two attached hydrogens (primary N) is 1. The van der Waals surface area contributed by atoms with Crippen molar-refractivity contribution in [3.05, 3.63) is 60.4 Å². The minimum atomic E-state index is -2.78. The van der Waals surface area contributed by atoms with Gasteiger partial charge in [-0.1, -0.05) is 30.3 Å². The number of ether oxygens (including phenoxy) is 1. The Morgan fingerprint density at radius 3 is 2.50 bits per heavy atom. The first-order valence-electron chi connectivity index (χ1n) is 6.48. The van der Waals surface area contributed by atoms with Gasteiger partial charge in [-0.3, -0.25) is 0 Å². The molecule has 1 aromatic heterocycles. The average molecular weight is 302 g/mol. The minimum Gasteiger partial charge on any atom is -0.425 e. The van der Waals surface area contributed by atoms with E-state index in [2.05, 4.69) is 10.1 Å². The highest BCUT2D eigenvalue weighted by Crippen LogP contribution is 2.24. The van der Waals surface area contributed by atoms with Gasteiger partial charge in [0.05, 0.1) is 11.0 Å². The summed E-state index contributed by atoms with van der Waals surface area (Å²) in [6.45, 7) is 0. The molecule has 0 bridgehead atoms. The van der Waals surface area contributed by atoms with Crippen molar-refractivity contribution in [2.24, 2.45) is 10.8 Å². The van der Waals surface area contributed by atoms with Gasteiger partial charge in [0, 0.05) is 0 Å². The molecule has 0 radical (unpaired) electrons. The molecule has 0 spiro atoms. The van der Waals surface area contributed by atoms with Crippen LogP contribution in [0.5, 0.6) is 5.75 Å². The maximum absolute atomic E-state index is 13.1. The van der Waals surface area contributed by atoms with Crippen molar-refractivity contribution in [1.29, 1.82) is 0 Å². The van der Waals surface area contributed by atoms with Gasteiger partial charge in [-0.25, -0.2) is 18.4 Å². The summed E-state index contributed by atoms with van der Waals surface area (Å²) >= 11 is 0. The summed E-state index contributed by atoms with van der Waals surface area (Å²) < 4.78 is 32.5. The predicted molar refractivity (Wildman–Crippen MR) is 78.8 cm³/mol. The van der Waals surface area contributed by atoms with E-state index in [-0.39, 0.29) is 6.02 Å². The Bertz CT molecular complexity index is 815. The first-order valence-corrected chi connectivity index (χ1v) is 6.48. The van der Waals surface area contributed by atoms with Crippen molar-refractivity contribution in [3.63, 3.8) is 0 Å². The molecule has 0 aliphatic carbocycles. The van der Waals surface area contributed by atoms with E-state index in [1.807, 2.05) is 6.07 Å². The van der Waals surface area contributed by atoms with Gasteiger partial charge < -0.3 is 10.5 Å². The summed E-state index contributed by atoms with van der Waals surface area (Å²) in [6, 6.07) is 15.1. The van der Waals surface area contributed by atoms with Crippen molar-refractivity contribution in [3.8, 4) is 5.75 Å². The summed E-state index contributed by atoms with van der Waals surface area (Å²) in [5.74, 6) is -0.0208. The lowest BCUT2D eigenvalue weighted by Crippen LogP contribution is -2.21. The van der Waals surface area contributed by atoms with Crippen LogP contribution in [0.4, 0.5) is 8.78 Å². The highest BCUT2D eigenvalue weighted by atomic mass is 19.3. The lowest BCUT2D eigenvalue weighted by Gasteiger charge is -2.06. The molecule has 22 heavy (non-hydrogen) atoms. The Labute approximate surface area is 124 Å². The van der Waals surface area contributed by atoms with Gasteiger partial charge >= 0.3 is 6.02 Å². The number of hydrogen-bond donors (Lipinski definition) is 1. The monoisotopic (exact) mass is 302 g/mol. The number of halogens is 2. The fourth-order valence-electron chi connectivity index (χ4n) is 2.01. The molecule has 0 amide bonds. The molecule has 3 rings (SSSR count). The zero-order valence-electron chi connectivity index (χ0n) is 11.4. The SMILES string of the molecule is NC(=Nn1c(C(F)F)nc2ccccc21)Oc1ccccc1. The molecule has 7 heteroatoms. The van der Waals surface area contributed by atoms with Gasteiger partial charge in [0.1, 0.15) is 5.75 Å². The number of rotatable bonds is 3. The van der Waals surface area contributed by atoms with Crippen LogP contribution >= 0.6 is 0 Å². The highest BCUT2D eigenvalue weighted by molar-refractivity contribution is 5.79. The smallest absolute Gasteiger partial charge is 0.310 e. The van der Waals surface area contributed by atoms with Crippen LogP contribution in [0.1, 0.15) is 12.2 Å². The topological polar surface area (TPSA) is 65.4 Å². The second kappa shape index (κ2) is 5.80. The molecule has 2 aromatic carbocycles. The van der Waals surface area contributed by atoms with Crippen LogP contribution in [-0.4, -0.2) is 15.7 Å². The zero-order chi connectivity index (χ0) is 15.5. The van der Waals surface area contributed by atoms with Crippen LogP contribution in [0, 0.1) is 0 Å². The molecule has 112 valence electrons. The number of nitrogens with zero attached hydrogens (tertiary/aromatic N) is 3. The molecular formula is C15H12F2N4O. The lowest BCUT2D eigenvalue weighted by molar-refractivity contribution is 0.137. The maximum atomic E-state index is 13.1. The van der Waals surface area contributed by atoms with Gasteiger partial charge in [0.25, 0.3) is 6.43 Å². The molecule has 2 N–H and O–H groups in total.